The molecule has 1 aromatic rings. The second-order valence-electron chi connectivity index (χ2n) is 5.54. The van der Waals surface area contributed by atoms with Crippen LogP contribution in [0.3, 0.4) is 0 Å². The molecule has 0 bridgehead atoms. The van der Waals surface area contributed by atoms with Gasteiger partial charge in [0.15, 0.2) is 0 Å². The van der Waals surface area contributed by atoms with Gasteiger partial charge in [0.1, 0.15) is 6.61 Å². The Morgan fingerprint density at radius 3 is 2.38 bits per heavy atom. The standard InChI is InChI=1S/C16H24N2O3/c1-17(2)14-6-4-13(5-7-14)12-21-16(19)18-10-8-15(20-3)9-11-18/h4-7,15H,8-12H2,1-3H3. The zero-order valence-corrected chi connectivity index (χ0v) is 13.0. The smallest absolute Gasteiger partial charge is 0.410 e. The fourth-order valence-electron chi connectivity index (χ4n) is 2.40. The first kappa shape index (κ1) is 15.6. The van der Waals surface area contributed by atoms with E-state index in [1.807, 2.05) is 43.3 Å². The van der Waals surface area contributed by atoms with E-state index in [2.05, 4.69) is 0 Å². The Hall–Kier alpha value is -1.75. The van der Waals surface area contributed by atoms with Gasteiger partial charge in [-0.2, -0.15) is 0 Å². The number of hydrogen-bond donors (Lipinski definition) is 0. The summed E-state index contributed by atoms with van der Waals surface area (Å²) in [7, 11) is 5.72. The van der Waals surface area contributed by atoms with Gasteiger partial charge in [-0.1, -0.05) is 12.1 Å². The van der Waals surface area contributed by atoms with E-state index in [1.165, 1.54) is 0 Å². The van der Waals surface area contributed by atoms with Crippen molar-refractivity contribution in [1.29, 1.82) is 0 Å². The fourth-order valence-corrected chi connectivity index (χ4v) is 2.40. The van der Waals surface area contributed by atoms with E-state index in [9.17, 15) is 4.79 Å². The van der Waals surface area contributed by atoms with Crippen molar-refractivity contribution in [2.75, 3.05) is 39.2 Å². The van der Waals surface area contributed by atoms with Crippen LogP contribution < -0.4 is 4.90 Å². The van der Waals surface area contributed by atoms with Crippen LogP contribution >= 0.6 is 0 Å². The molecular weight excluding hydrogens is 268 g/mol. The molecule has 1 fully saturated rings. The van der Waals surface area contributed by atoms with E-state index < -0.39 is 0 Å². The maximum absolute atomic E-state index is 12.0. The summed E-state index contributed by atoms with van der Waals surface area (Å²) in [6, 6.07) is 8.01. The van der Waals surface area contributed by atoms with Gasteiger partial charge in [0.25, 0.3) is 0 Å². The molecule has 5 heteroatoms. The molecule has 5 nitrogen and oxygen atoms in total. The Bertz CT molecular complexity index is 451. The van der Waals surface area contributed by atoms with E-state index in [0.717, 1.165) is 24.1 Å². The lowest BCUT2D eigenvalue weighted by molar-refractivity contribution is 0.0317. The molecule has 21 heavy (non-hydrogen) atoms. The molecule has 0 atom stereocenters. The summed E-state index contributed by atoms with van der Waals surface area (Å²) in [4.78, 5) is 15.8. The Kier molecular flexibility index (Phi) is 5.44. The van der Waals surface area contributed by atoms with Crippen LogP contribution in [0.4, 0.5) is 10.5 Å². The molecule has 1 saturated heterocycles. The molecule has 116 valence electrons. The van der Waals surface area contributed by atoms with Crippen molar-refractivity contribution >= 4 is 11.8 Å². The molecule has 0 unspecified atom stereocenters. The van der Waals surface area contributed by atoms with Crippen LogP contribution in [0.2, 0.25) is 0 Å². The van der Waals surface area contributed by atoms with Gasteiger partial charge in [-0.15, -0.1) is 0 Å². The van der Waals surface area contributed by atoms with Crippen LogP contribution in [0.1, 0.15) is 18.4 Å². The zero-order chi connectivity index (χ0) is 15.2. The summed E-state index contributed by atoms with van der Waals surface area (Å²) >= 11 is 0. The van der Waals surface area contributed by atoms with Crippen LogP contribution in [0.15, 0.2) is 24.3 Å². The Balaban J connectivity index is 1.78. The minimum Gasteiger partial charge on any atom is -0.445 e. The predicted octanol–water partition coefficient (Wildman–Crippen LogP) is 2.50. The molecular formula is C16H24N2O3. The second-order valence-corrected chi connectivity index (χ2v) is 5.54. The number of carbonyl (C=O) groups excluding carboxylic acids is 1. The molecule has 0 aromatic heterocycles. The number of nitrogens with zero attached hydrogens (tertiary/aromatic N) is 2. The van der Waals surface area contributed by atoms with Crippen molar-refractivity contribution in [2.45, 2.75) is 25.6 Å². The topological polar surface area (TPSA) is 42.0 Å². The van der Waals surface area contributed by atoms with Crippen molar-refractivity contribution in [3.63, 3.8) is 0 Å². The van der Waals surface area contributed by atoms with Gasteiger partial charge >= 0.3 is 6.09 Å². The largest absolute Gasteiger partial charge is 0.445 e. The number of hydrogen-bond acceptors (Lipinski definition) is 4. The van der Waals surface area contributed by atoms with Gasteiger partial charge in [-0.3, -0.25) is 0 Å². The SMILES string of the molecule is COC1CCN(C(=O)OCc2ccc(N(C)C)cc2)CC1. The number of ether oxygens (including phenoxy) is 2. The number of methoxy groups -OCH3 is 1. The highest BCUT2D eigenvalue weighted by Crippen LogP contribution is 2.16. The number of carbonyl (C=O) groups is 1. The van der Waals surface area contributed by atoms with E-state index in [1.54, 1.807) is 12.0 Å². The third-order valence-corrected chi connectivity index (χ3v) is 3.85. The van der Waals surface area contributed by atoms with E-state index in [4.69, 9.17) is 9.47 Å². The normalized spacial score (nSPS) is 15.9. The summed E-state index contributed by atoms with van der Waals surface area (Å²) in [5.74, 6) is 0. The number of piperidine rings is 1. The van der Waals surface area contributed by atoms with Crippen molar-refractivity contribution in [3.05, 3.63) is 29.8 Å². The van der Waals surface area contributed by atoms with Crippen molar-refractivity contribution in [1.82, 2.24) is 4.90 Å². The molecule has 0 aliphatic carbocycles. The summed E-state index contributed by atoms with van der Waals surface area (Å²) in [6.45, 7) is 1.73. The van der Waals surface area contributed by atoms with Gasteiger partial charge in [0, 0.05) is 40.0 Å². The Morgan fingerprint density at radius 2 is 1.86 bits per heavy atom. The molecule has 0 N–H and O–H groups in total. The lowest BCUT2D eigenvalue weighted by atomic mass is 10.1. The maximum Gasteiger partial charge on any atom is 0.410 e. The summed E-state index contributed by atoms with van der Waals surface area (Å²) in [5.41, 5.74) is 2.13. The molecule has 1 heterocycles. The van der Waals surface area contributed by atoms with Crippen molar-refractivity contribution < 1.29 is 14.3 Å². The minimum absolute atomic E-state index is 0.235. The highest BCUT2D eigenvalue weighted by molar-refractivity contribution is 5.67. The van der Waals surface area contributed by atoms with Crippen LogP contribution in [0.5, 0.6) is 0 Å². The van der Waals surface area contributed by atoms with Gasteiger partial charge in [-0.25, -0.2) is 4.79 Å². The first-order valence-corrected chi connectivity index (χ1v) is 7.31. The summed E-state index contributed by atoms with van der Waals surface area (Å²) < 4.78 is 10.7. The molecule has 1 aliphatic heterocycles. The van der Waals surface area contributed by atoms with Crippen molar-refractivity contribution in [3.8, 4) is 0 Å². The quantitative estimate of drug-likeness (QED) is 0.855. The van der Waals surface area contributed by atoms with Gasteiger partial charge < -0.3 is 19.3 Å². The van der Waals surface area contributed by atoms with E-state index in [0.29, 0.717) is 19.7 Å². The molecule has 0 saturated carbocycles. The first-order chi connectivity index (χ1) is 10.1. The Labute approximate surface area is 126 Å². The third kappa shape index (κ3) is 4.36. The number of amides is 1. The average Bonchev–Trinajstić information content (AvgIpc) is 2.53. The molecule has 0 spiro atoms. The molecule has 1 aliphatic rings. The van der Waals surface area contributed by atoms with Crippen LogP contribution in [0.25, 0.3) is 0 Å². The van der Waals surface area contributed by atoms with Gasteiger partial charge in [0.05, 0.1) is 6.10 Å². The van der Waals surface area contributed by atoms with Gasteiger partial charge in [0.2, 0.25) is 0 Å². The van der Waals surface area contributed by atoms with Crippen molar-refractivity contribution in [2.24, 2.45) is 0 Å². The lowest BCUT2D eigenvalue weighted by Crippen LogP contribution is -2.40. The predicted molar refractivity (Wildman–Crippen MR) is 82.6 cm³/mol. The van der Waals surface area contributed by atoms with E-state index in [-0.39, 0.29) is 12.2 Å². The number of rotatable bonds is 4. The Morgan fingerprint density at radius 1 is 1.24 bits per heavy atom. The van der Waals surface area contributed by atoms with Crippen LogP contribution in [-0.2, 0) is 16.1 Å². The fraction of sp³-hybridized carbons (Fsp3) is 0.562. The first-order valence-electron chi connectivity index (χ1n) is 7.31. The van der Waals surface area contributed by atoms with E-state index >= 15 is 0 Å². The zero-order valence-electron chi connectivity index (χ0n) is 13.0. The molecule has 1 aromatic carbocycles. The van der Waals surface area contributed by atoms with Crippen LogP contribution in [0, 0.1) is 0 Å². The minimum atomic E-state index is -0.235. The number of benzene rings is 1. The van der Waals surface area contributed by atoms with Crippen LogP contribution in [-0.4, -0.2) is 51.4 Å². The monoisotopic (exact) mass is 292 g/mol. The summed E-state index contributed by atoms with van der Waals surface area (Å²) in [5, 5.41) is 0. The third-order valence-electron chi connectivity index (χ3n) is 3.85. The molecule has 0 radical (unpaired) electrons. The highest BCUT2D eigenvalue weighted by atomic mass is 16.6. The second kappa shape index (κ2) is 7.31. The highest BCUT2D eigenvalue weighted by Gasteiger charge is 2.23. The number of likely N-dealkylation sites (tertiary alicyclic amines) is 1. The van der Waals surface area contributed by atoms with Gasteiger partial charge in [-0.05, 0) is 30.5 Å². The lowest BCUT2D eigenvalue weighted by Gasteiger charge is -2.30. The molecule has 2 rings (SSSR count). The summed E-state index contributed by atoms with van der Waals surface area (Å²) in [6.07, 6.45) is 1.79. The number of anilines is 1. The average molecular weight is 292 g/mol. The molecule has 1 amide bonds. The maximum atomic E-state index is 12.0.